The molecule has 0 bridgehead atoms. The summed E-state index contributed by atoms with van der Waals surface area (Å²) >= 11 is 0. The van der Waals surface area contributed by atoms with Gasteiger partial charge in [0.15, 0.2) is 0 Å². The highest BCUT2D eigenvalue weighted by molar-refractivity contribution is 4.85. The zero-order valence-corrected chi connectivity index (χ0v) is 9.45. The molecule has 2 fully saturated rings. The van der Waals surface area contributed by atoms with Gasteiger partial charge in [-0.1, -0.05) is 12.8 Å². The van der Waals surface area contributed by atoms with Gasteiger partial charge in [-0.3, -0.25) is 0 Å². The molecule has 0 amide bonds. The SMILES string of the molecule is NC1CCC(OCC2(O)CCCC2)CC1. The first-order valence-electron chi connectivity index (χ1n) is 6.27. The molecule has 0 aromatic rings. The maximum absolute atomic E-state index is 10.1. The molecular formula is C12H23NO2. The predicted octanol–water partition coefficient (Wildman–Crippen LogP) is 1.58. The van der Waals surface area contributed by atoms with Crippen LogP contribution >= 0.6 is 0 Å². The summed E-state index contributed by atoms with van der Waals surface area (Å²) in [5.74, 6) is 0. The lowest BCUT2D eigenvalue weighted by atomic mass is 9.93. The topological polar surface area (TPSA) is 55.5 Å². The van der Waals surface area contributed by atoms with Crippen LogP contribution in [0.3, 0.4) is 0 Å². The van der Waals surface area contributed by atoms with Crippen molar-refractivity contribution in [2.75, 3.05) is 6.61 Å². The van der Waals surface area contributed by atoms with E-state index in [0.29, 0.717) is 18.8 Å². The first kappa shape index (κ1) is 11.4. The van der Waals surface area contributed by atoms with Gasteiger partial charge in [-0.05, 0) is 38.5 Å². The van der Waals surface area contributed by atoms with Crippen LogP contribution in [0.4, 0.5) is 0 Å². The Kier molecular flexibility index (Phi) is 3.65. The maximum Gasteiger partial charge on any atom is 0.0880 e. The molecule has 0 heterocycles. The van der Waals surface area contributed by atoms with E-state index in [1.54, 1.807) is 0 Å². The molecular weight excluding hydrogens is 190 g/mol. The molecule has 0 aromatic heterocycles. The summed E-state index contributed by atoms with van der Waals surface area (Å²) in [4.78, 5) is 0. The van der Waals surface area contributed by atoms with Crippen LogP contribution < -0.4 is 5.73 Å². The van der Waals surface area contributed by atoms with Crippen LogP contribution in [0.25, 0.3) is 0 Å². The average molecular weight is 213 g/mol. The molecule has 0 spiro atoms. The molecule has 3 heteroatoms. The normalized spacial score (nSPS) is 35.6. The molecule has 2 saturated carbocycles. The smallest absolute Gasteiger partial charge is 0.0880 e. The summed E-state index contributed by atoms with van der Waals surface area (Å²) in [7, 11) is 0. The Morgan fingerprint density at radius 3 is 2.33 bits per heavy atom. The van der Waals surface area contributed by atoms with Crippen molar-refractivity contribution in [2.45, 2.75) is 69.1 Å². The van der Waals surface area contributed by atoms with Crippen LogP contribution in [0, 0.1) is 0 Å². The second-order valence-electron chi connectivity index (χ2n) is 5.28. The zero-order valence-electron chi connectivity index (χ0n) is 9.45. The van der Waals surface area contributed by atoms with E-state index in [2.05, 4.69) is 0 Å². The molecule has 0 saturated heterocycles. The number of hydrogen-bond donors (Lipinski definition) is 2. The fourth-order valence-corrected chi connectivity index (χ4v) is 2.71. The van der Waals surface area contributed by atoms with Crippen molar-refractivity contribution < 1.29 is 9.84 Å². The molecule has 2 aliphatic carbocycles. The third-order valence-corrected chi connectivity index (χ3v) is 3.84. The van der Waals surface area contributed by atoms with Crippen molar-refractivity contribution in [2.24, 2.45) is 5.73 Å². The molecule has 0 unspecified atom stereocenters. The Balaban J connectivity index is 1.69. The maximum atomic E-state index is 10.1. The van der Waals surface area contributed by atoms with E-state index < -0.39 is 5.60 Å². The van der Waals surface area contributed by atoms with Gasteiger partial charge in [-0.2, -0.15) is 0 Å². The molecule has 3 N–H and O–H groups in total. The summed E-state index contributed by atoms with van der Waals surface area (Å²) < 4.78 is 5.81. The third-order valence-electron chi connectivity index (χ3n) is 3.84. The fourth-order valence-electron chi connectivity index (χ4n) is 2.71. The molecule has 15 heavy (non-hydrogen) atoms. The number of ether oxygens (including phenoxy) is 1. The van der Waals surface area contributed by atoms with Crippen molar-refractivity contribution in [1.29, 1.82) is 0 Å². The standard InChI is InChI=1S/C12H23NO2/c13-10-3-5-11(6-4-10)15-9-12(14)7-1-2-8-12/h10-11,14H,1-9,13H2. The Hall–Kier alpha value is -0.120. The number of rotatable bonds is 3. The average Bonchev–Trinajstić information content (AvgIpc) is 2.65. The summed E-state index contributed by atoms with van der Waals surface area (Å²) in [5, 5.41) is 10.1. The Morgan fingerprint density at radius 1 is 1.13 bits per heavy atom. The van der Waals surface area contributed by atoms with Gasteiger partial charge in [0.2, 0.25) is 0 Å². The Morgan fingerprint density at radius 2 is 1.73 bits per heavy atom. The van der Waals surface area contributed by atoms with Gasteiger partial charge in [0.05, 0.1) is 18.3 Å². The fraction of sp³-hybridized carbons (Fsp3) is 1.00. The van der Waals surface area contributed by atoms with E-state index in [9.17, 15) is 5.11 Å². The van der Waals surface area contributed by atoms with Crippen molar-refractivity contribution >= 4 is 0 Å². The van der Waals surface area contributed by atoms with E-state index >= 15 is 0 Å². The molecule has 0 atom stereocenters. The minimum atomic E-state index is -0.514. The summed E-state index contributed by atoms with van der Waals surface area (Å²) in [6, 6.07) is 0.374. The Bertz CT molecular complexity index is 194. The van der Waals surface area contributed by atoms with Gasteiger partial charge in [-0.15, -0.1) is 0 Å². The largest absolute Gasteiger partial charge is 0.387 e. The molecule has 0 aliphatic heterocycles. The predicted molar refractivity (Wildman–Crippen MR) is 59.6 cm³/mol. The van der Waals surface area contributed by atoms with Gasteiger partial charge < -0.3 is 15.6 Å². The minimum absolute atomic E-state index is 0.342. The quantitative estimate of drug-likeness (QED) is 0.748. The highest BCUT2D eigenvalue weighted by Gasteiger charge is 2.32. The van der Waals surface area contributed by atoms with Gasteiger partial charge in [0.1, 0.15) is 0 Å². The second-order valence-corrected chi connectivity index (χ2v) is 5.28. The number of hydrogen-bond acceptors (Lipinski definition) is 3. The molecule has 2 rings (SSSR count). The van der Waals surface area contributed by atoms with E-state index in [4.69, 9.17) is 10.5 Å². The van der Waals surface area contributed by atoms with Gasteiger partial charge in [0, 0.05) is 6.04 Å². The van der Waals surface area contributed by atoms with Gasteiger partial charge >= 0.3 is 0 Å². The lowest BCUT2D eigenvalue weighted by molar-refractivity contribution is -0.0780. The molecule has 0 radical (unpaired) electrons. The van der Waals surface area contributed by atoms with E-state index in [0.717, 1.165) is 51.4 Å². The molecule has 3 nitrogen and oxygen atoms in total. The van der Waals surface area contributed by atoms with Crippen molar-refractivity contribution in [3.05, 3.63) is 0 Å². The van der Waals surface area contributed by atoms with Crippen LogP contribution in [0.5, 0.6) is 0 Å². The number of nitrogens with two attached hydrogens (primary N) is 1. The second kappa shape index (κ2) is 4.81. The highest BCUT2D eigenvalue weighted by Crippen LogP contribution is 2.31. The lowest BCUT2D eigenvalue weighted by Gasteiger charge is -2.30. The van der Waals surface area contributed by atoms with Crippen LogP contribution in [0.15, 0.2) is 0 Å². The van der Waals surface area contributed by atoms with E-state index in [1.807, 2.05) is 0 Å². The lowest BCUT2D eigenvalue weighted by Crippen LogP contribution is -2.36. The third kappa shape index (κ3) is 3.16. The number of aliphatic hydroxyl groups is 1. The van der Waals surface area contributed by atoms with Gasteiger partial charge in [-0.25, -0.2) is 0 Å². The minimum Gasteiger partial charge on any atom is -0.387 e. The molecule has 0 aromatic carbocycles. The van der Waals surface area contributed by atoms with Crippen molar-refractivity contribution in [3.63, 3.8) is 0 Å². The summed E-state index contributed by atoms with van der Waals surface area (Å²) in [6.45, 7) is 0.535. The van der Waals surface area contributed by atoms with Crippen LogP contribution in [-0.2, 0) is 4.74 Å². The van der Waals surface area contributed by atoms with Crippen molar-refractivity contribution in [3.8, 4) is 0 Å². The molecule has 2 aliphatic rings. The Labute approximate surface area is 92.0 Å². The van der Waals surface area contributed by atoms with Crippen LogP contribution in [-0.4, -0.2) is 29.5 Å². The summed E-state index contributed by atoms with van der Waals surface area (Å²) in [6.07, 6.45) is 8.75. The zero-order chi connectivity index (χ0) is 10.7. The van der Waals surface area contributed by atoms with E-state index in [-0.39, 0.29) is 0 Å². The van der Waals surface area contributed by atoms with E-state index in [1.165, 1.54) is 0 Å². The first-order valence-corrected chi connectivity index (χ1v) is 6.27. The van der Waals surface area contributed by atoms with Crippen LogP contribution in [0.2, 0.25) is 0 Å². The summed E-state index contributed by atoms with van der Waals surface area (Å²) in [5.41, 5.74) is 5.32. The monoisotopic (exact) mass is 213 g/mol. The van der Waals surface area contributed by atoms with Gasteiger partial charge in [0.25, 0.3) is 0 Å². The first-order chi connectivity index (χ1) is 7.18. The van der Waals surface area contributed by atoms with Crippen molar-refractivity contribution in [1.82, 2.24) is 0 Å². The van der Waals surface area contributed by atoms with Crippen LogP contribution in [0.1, 0.15) is 51.4 Å². The molecule has 88 valence electrons. The highest BCUT2D eigenvalue weighted by atomic mass is 16.5.